The van der Waals surface area contributed by atoms with Crippen molar-refractivity contribution < 1.29 is 22.6 Å². The summed E-state index contributed by atoms with van der Waals surface area (Å²) in [5.74, 6) is -0.400. The van der Waals surface area contributed by atoms with E-state index in [0.29, 0.717) is 12.2 Å². The minimum atomic E-state index is -4.77. The quantitative estimate of drug-likeness (QED) is 0.884. The maximum Gasteiger partial charge on any atom is 0.573 e. The van der Waals surface area contributed by atoms with Crippen molar-refractivity contribution in [2.45, 2.75) is 19.9 Å². The number of para-hydroxylation sites is 2. The first-order valence-corrected chi connectivity index (χ1v) is 6.79. The average molecular weight is 319 g/mol. The normalized spacial score (nSPS) is 11.2. The maximum atomic E-state index is 12.3. The van der Waals surface area contributed by atoms with Crippen LogP contribution in [-0.2, 0) is 6.61 Å². The molecule has 1 aromatic heterocycles. The fourth-order valence-electron chi connectivity index (χ4n) is 1.52. The van der Waals surface area contributed by atoms with Gasteiger partial charge in [-0.2, -0.15) is 0 Å². The first-order chi connectivity index (χ1) is 9.99. The summed E-state index contributed by atoms with van der Waals surface area (Å²) in [5, 5.41) is 7.65. The van der Waals surface area contributed by atoms with Crippen LogP contribution < -0.4 is 14.8 Å². The maximum absolute atomic E-state index is 12.3. The van der Waals surface area contributed by atoms with Gasteiger partial charge in [-0.25, -0.2) is 0 Å². The lowest BCUT2D eigenvalue weighted by Crippen LogP contribution is -2.17. The highest BCUT2D eigenvalue weighted by atomic mass is 32.1. The number of ether oxygens (including phenoxy) is 2. The highest BCUT2D eigenvalue weighted by molar-refractivity contribution is 7.10. The van der Waals surface area contributed by atoms with Crippen molar-refractivity contribution in [2.24, 2.45) is 0 Å². The second-order valence-electron chi connectivity index (χ2n) is 3.86. The van der Waals surface area contributed by atoms with Crippen LogP contribution in [-0.4, -0.2) is 22.5 Å². The van der Waals surface area contributed by atoms with E-state index in [2.05, 4.69) is 19.6 Å². The molecule has 1 N–H and O–H groups in total. The minimum Gasteiger partial charge on any atom is -0.483 e. The van der Waals surface area contributed by atoms with Crippen LogP contribution in [0.3, 0.4) is 0 Å². The van der Waals surface area contributed by atoms with Gasteiger partial charge < -0.3 is 14.8 Å². The standard InChI is InChI=1S/C12H12F3N3O2S/c1-2-16-11-8(17-18-21-11)7-19-9-5-3-4-6-10(9)20-12(13,14)15/h3-6,16H,2,7H2,1H3. The van der Waals surface area contributed by atoms with Crippen molar-refractivity contribution in [3.8, 4) is 11.5 Å². The van der Waals surface area contributed by atoms with E-state index >= 15 is 0 Å². The summed E-state index contributed by atoms with van der Waals surface area (Å²) in [6, 6.07) is 5.58. The van der Waals surface area contributed by atoms with Gasteiger partial charge in [-0.1, -0.05) is 16.6 Å². The molecule has 0 unspecified atom stereocenters. The largest absolute Gasteiger partial charge is 0.573 e. The zero-order valence-electron chi connectivity index (χ0n) is 11.0. The number of hydrogen-bond acceptors (Lipinski definition) is 6. The highest BCUT2D eigenvalue weighted by Crippen LogP contribution is 2.32. The summed E-state index contributed by atoms with van der Waals surface area (Å²) in [5.41, 5.74) is 0.531. The van der Waals surface area contributed by atoms with Crippen LogP contribution in [0.15, 0.2) is 24.3 Å². The Balaban J connectivity index is 2.08. The van der Waals surface area contributed by atoms with Crippen LogP contribution in [0, 0.1) is 0 Å². The number of anilines is 1. The summed E-state index contributed by atoms with van der Waals surface area (Å²) in [6.45, 7) is 2.60. The average Bonchev–Trinajstić information content (AvgIpc) is 2.84. The third-order valence-corrected chi connectivity index (χ3v) is 3.06. The van der Waals surface area contributed by atoms with Crippen molar-refractivity contribution >= 4 is 16.5 Å². The van der Waals surface area contributed by atoms with Gasteiger partial charge in [0.15, 0.2) is 11.5 Å². The van der Waals surface area contributed by atoms with Gasteiger partial charge in [0.1, 0.15) is 17.3 Å². The zero-order chi connectivity index (χ0) is 15.3. The Morgan fingerprint density at radius 3 is 2.62 bits per heavy atom. The SMILES string of the molecule is CCNc1snnc1COc1ccccc1OC(F)(F)F. The van der Waals surface area contributed by atoms with E-state index in [-0.39, 0.29) is 12.4 Å². The topological polar surface area (TPSA) is 56.3 Å². The molecule has 0 bridgehead atoms. The zero-order valence-corrected chi connectivity index (χ0v) is 11.8. The van der Waals surface area contributed by atoms with Gasteiger partial charge in [-0.3, -0.25) is 0 Å². The Kier molecular flexibility index (Phi) is 4.84. The van der Waals surface area contributed by atoms with Crippen LogP contribution in [0.2, 0.25) is 0 Å². The molecule has 0 aliphatic carbocycles. The van der Waals surface area contributed by atoms with Crippen LogP contribution in [0.5, 0.6) is 11.5 Å². The lowest BCUT2D eigenvalue weighted by Gasteiger charge is -2.13. The summed E-state index contributed by atoms with van der Waals surface area (Å²) in [4.78, 5) is 0. The molecule has 0 aliphatic heterocycles. The second kappa shape index (κ2) is 6.61. The van der Waals surface area contributed by atoms with Crippen LogP contribution in [0.4, 0.5) is 18.2 Å². The number of halogens is 3. The lowest BCUT2D eigenvalue weighted by atomic mass is 10.3. The van der Waals surface area contributed by atoms with Crippen LogP contribution >= 0.6 is 11.5 Å². The number of rotatable bonds is 6. The molecule has 5 nitrogen and oxygen atoms in total. The molecule has 0 aliphatic rings. The molecule has 0 saturated carbocycles. The third-order valence-electron chi connectivity index (χ3n) is 2.33. The van der Waals surface area contributed by atoms with Crippen molar-refractivity contribution in [3.63, 3.8) is 0 Å². The number of hydrogen-bond donors (Lipinski definition) is 1. The van der Waals surface area contributed by atoms with E-state index in [9.17, 15) is 13.2 Å². The number of aromatic nitrogens is 2. The van der Waals surface area contributed by atoms with Crippen molar-refractivity contribution in [1.82, 2.24) is 9.59 Å². The highest BCUT2D eigenvalue weighted by Gasteiger charge is 2.32. The molecule has 1 aromatic carbocycles. The van der Waals surface area contributed by atoms with Crippen LogP contribution in [0.25, 0.3) is 0 Å². The summed E-state index contributed by atoms with van der Waals surface area (Å²) in [7, 11) is 0. The Bertz CT molecular complexity index is 589. The molecule has 0 atom stereocenters. The van der Waals surface area contributed by atoms with Crippen molar-refractivity contribution in [1.29, 1.82) is 0 Å². The smallest absolute Gasteiger partial charge is 0.483 e. The molecular weight excluding hydrogens is 307 g/mol. The molecule has 0 spiro atoms. The van der Waals surface area contributed by atoms with Crippen LogP contribution in [0.1, 0.15) is 12.6 Å². The number of benzene rings is 1. The Morgan fingerprint density at radius 2 is 1.95 bits per heavy atom. The first kappa shape index (κ1) is 15.4. The Labute approximate surface area is 122 Å². The molecule has 9 heteroatoms. The summed E-state index contributed by atoms with van der Waals surface area (Å²) < 4.78 is 49.9. The molecule has 0 fully saturated rings. The fraction of sp³-hybridized carbons (Fsp3) is 0.333. The van der Waals surface area contributed by atoms with Gasteiger partial charge >= 0.3 is 6.36 Å². The number of nitrogens with one attached hydrogen (secondary N) is 1. The molecular formula is C12H12F3N3O2S. The third kappa shape index (κ3) is 4.48. The van der Waals surface area contributed by atoms with E-state index in [1.807, 2.05) is 6.92 Å². The summed E-state index contributed by atoms with van der Waals surface area (Å²) >= 11 is 1.16. The van der Waals surface area contributed by atoms with E-state index in [0.717, 1.165) is 16.5 Å². The van der Waals surface area contributed by atoms with Gasteiger partial charge in [0.25, 0.3) is 0 Å². The second-order valence-corrected chi connectivity index (χ2v) is 4.62. The van der Waals surface area contributed by atoms with Gasteiger partial charge in [0.2, 0.25) is 0 Å². The first-order valence-electron chi connectivity index (χ1n) is 6.02. The van der Waals surface area contributed by atoms with E-state index in [1.165, 1.54) is 18.2 Å². The molecule has 0 radical (unpaired) electrons. The molecule has 2 rings (SSSR count). The van der Waals surface area contributed by atoms with Gasteiger partial charge in [0.05, 0.1) is 0 Å². The lowest BCUT2D eigenvalue weighted by molar-refractivity contribution is -0.275. The van der Waals surface area contributed by atoms with E-state index in [1.54, 1.807) is 6.07 Å². The number of nitrogens with zero attached hydrogens (tertiary/aromatic N) is 2. The van der Waals surface area contributed by atoms with Gasteiger partial charge in [0, 0.05) is 18.1 Å². The van der Waals surface area contributed by atoms with E-state index in [4.69, 9.17) is 4.74 Å². The monoisotopic (exact) mass is 319 g/mol. The fourth-order valence-corrected chi connectivity index (χ4v) is 2.16. The Morgan fingerprint density at radius 1 is 1.24 bits per heavy atom. The molecule has 114 valence electrons. The molecule has 0 amide bonds. The minimum absolute atomic E-state index is 0.00291. The summed E-state index contributed by atoms with van der Waals surface area (Å²) in [6.07, 6.45) is -4.77. The van der Waals surface area contributed by atoms with E-state index < -0.39 is 12.1 Å². The molecule has 0 saturated heterocycles. The number of alkyl halides is 3. The predicted octanol–water partition coefficient (Wildman–Crippen LogP) is 3.45. The molecule has 2 aromatic rings. The van der Waals surface area contributed by atoms with Crippen molar-refractivity contribution in [3.05, 3.63) is 30.0 Å². The van der Waals surface area contributed by atoms with Gasteiger partial charge in [-0.05, 0) is 19.1 Å². The molecule has 21 heavy (non-hydrogen) atoms. The predicted molar refractivity (Wildman–Crippen MR) is 71.5 cm³/mol. The Hall–Kier alpha value is -2.03. The van der Waals surface area contributed by atoms with Gasteiger partial charge in [-0.15, -0.1) is 18.3 Å². The van der Waals surface area contributed by atoms with Crippen molar-refractivity contribution in [2.75, 3.05) is 11.9 Å². The molecule has 1 heterocycles.